The van der Waals surface area contributed by atoms with E-state index in [2.05, 4.69) is 26.1 Å². The van der Waals surface area contributed by atoms with E-state index in [-0.39, 0.29) is 11.7 Å². The predicted octanol–water partition coefficient (Wildman–Crippen LogP) is 3.12. The molecule has 0 saturated heterocycles. The minimum atomic E-state index is -0.292. The van der Waals surface area contributed by atoms with Gasteiger partial charge in [-0.3, -0.25) is 4.79 Å². The standard InChI is InChI=1S/C14H13BrN2O3/c1-17-6-7-19-12-8-9(2-3-10(12)17)16-14(18)11-4-5-13(15)20-11/h2-5,8H,6-7H2,1H3,(H,16,18). The molecule has 0 atom stereocenters. The minimum Gasteiger partial charge on any atom is -0.489 e. The van der Waals surface area contributed by atoms with Crippen LogP contribution in [0.5, 0.6) is 5.75 Å². The van der Waals surface area contributed by atoms with Crippen LogP contribution >= 0.6 is 15.9 Å². The number of benzene rings is 1. The van der Waals surface area contributed by atoms with Crippen LogP contribution in [0.4, 0.5) is 11.4 Å². The molecule has 2 heterocycles. The smallest absolute Gasteiger partial charge is 0.291 e. The summed E-state index contributed by atoms with van der Waals surface area (Å²) < 4.78 is 11.3. The first kappa shape index (κ1) is 13.1. The fourth-order valence-electron chi connectivity index (χ4n) is 2.06. The molecule has 1 aromatic heterocycles. The molecule has 0 unspecified atom stereocenters. The number of hydrogen-bond donors (Lipinski definition) is 1. The molecule has 3 rings (SSSR count). The summed E-state index contributed by atoms with van der Waals surface area (Å²) in [5.41, 5.74) is 1.70. The number of halogens is 1. The highest BCUT2D eigenvalue weighted by Crippen LogP contribution is 2.33. The van der Waals surface area contributed by atoms with Crippen LogP contribution in [0.25, 0.3) is 0 Å². The van der Waals surface area contributed by atoms with E-state index < -0.39 is 0 Å². The van der Waals surface area contributed by atoms with Gasteiger partial charge in [-0.25, -0.2) is 0 Å². The Hall–Kier alpha value is -1.95. The molecule has 0 fully saturated rings. The van der Waals surface area contributed by atoms with Gasteiger partial charge in [0.25, 0.3) is 5.91 Å². The van der Waals surface area contributed by atoms with E-state index in [1.165, 1.54) is 0 Å². The van der Waals surface area contributed by atoms with Gasteiger partial charge in [0.1, 0.15) is 12.4 Å². The number of likely N-dealkylation sites (N-methyl/N-ethyl adjacent to an activating group) is 1. The SMILES string of the molecule is CN1CCOc2cc(NC(=O)c3ccc(Br)o3)ccc21. The quantitative estimate of drug-likeness (QED) is 0.915. The van der Waals surface area contributed by atoms with Crippen molar-refractivity contribution in [3.05, 3.63) is 40.8 Å². The number of amides is 1. The van der Waals surface area contributed by atoms with Crippen molar-refractivity contribution in [3.63, 3.8) is 0 Å². The third kappa shape index (κ3) is 2.51. The lowest BCUT2D eigenvalue weighted by atomic mass is 10.2. The molecule has 1 aliphatic heterocycles. The summed E-state index contributed by atoms with van der Waals surface area (Å²) in [6.45, 7) is 1.51. The number of fused-ring (bicyclic) bond motifs is 1. The number of anilines is 2. The third-order valence-corrected chi connectivity index (χ3v) is 3.54. The number of hydrogen-bond acceptors (Lipinski definition) is 4. The van der Waals surface area contributed by atoms with Crippen LogP contribution in [0.1, 0.15) is 10.6 Å². The number of furan rings is 1. The maximum atomic E-state index is 12.0. The molecule has 0 bridgehead atoms. The lowest BCUT2D eigenvalue weighted by molar-refractivity contribution is 0.0995. The Labute approximate surface area is 124 Å². The zero-order valence-electron chi connectivity index (χ0n) is 10.9. The number of carbonyl (C=O) groups is 1. The fourth-order valence-corrected chi connectivity index (χ4v) is 2.37. The Bertz CT molecular complexity index is 654. The predicted molar refractivity (Wildman–Crippen MR) is 79.6 cm³/mol. The number of nitrogens with one attached hydrogen (secondary N) is 1. The van der Waals surface area contributed by atoms with Gasteiger partial charge in [-0.15, -0.1) is 0 Å². The summed E-state index contributed by atoms with van der Waals surface area (Å²) in [7, 11) is 2.01. The fraction of sp³-hybridized carbons (Fsp3) is 0.214. The van der Waals surface area contributed by atoms with Crippen LogP contribution < -0.4 is 15.0 Å². The van der Waals surface area contributed by atoms with Crippen molar-refractivity contribution in [2.75, 3.05) is 30.4 Å². The van der Waals surface area contributed by atoms with Crippen molar-refractivity contribution >= 4 is 33.2 Å². The topological polar surface area (TPSA) is 54.7 Å². The van der Waals surface area contributed by atoms with Crippen LogP contribution in [0.15, 0.2) is 39.4 Å². The first-order chi connectivity index (χ1) is 9.63. The highest BCUT2D eigenvalue weighted by atomic mass is 79.9. The van der Waals surface area contributed by atoms with Gasteiger partial charge in [0.2, 0.25) is 0 Å². The van der Waals surface area contributed by atoms with E-state index in [1.807, 2.05) is 25.2 Å². The molecular formula is C14H13BrN2O3. The first-order valence-corrected chi connectivity index (χ1v) is 6.97. The molecular weight excluding hydrogens is 324 g/mol. The van der Waals surface area contributed by atoms with Gasteiger partial charge in [0, 0.05) is 18.8 Å². The van der Waals surface area contributed by atoms with Crippen molar-refractivity contribution in [2.45, 2.75) is 0 Å². The second kappa shape index (κ2) is 5.20. The second-order valence-corrected chi connectivity index (χ2v) is 5.29. The Morgan fingerprint density at radius 2 is 2.20 bits per heavy atom. The van der Waals surface area contributed by atoms with Gasteiger partial charge in [-0.1, -0.05) is 0 Å². The monoisotopic (exact) mass is 336 g/mol. The van der Waals surface area contributed by atoms with Gasteiger partial charge >= 0.3 is 0 Å². The summed E-state index contributed by atoms with van der Waals surface area (Å²) in [5, 5.41) is 2.78. The average molecular weight is 337 g/mol. The molecule has 1 aromatic carbocycles. The zero-order valence-corrected chi connectivity index (χ0v) is 12.4. The van der Waals surface area contributed by atoms with Crippen LogP contribution in [0.3, 0.4) is 0 Å². The maximum absolute atomic E-state index is 12.0. The van der Waals surface area contributed by atoms with Crippen LogP contribution in [-0.4, -0.2) is 26.1 Å². The third-order valence-electron chi connectivity index (χ3n) is 3.11. The van der Waals surface area contributed by atoms with E-state index >= 15 is 0 Å². The first-order valence-electron chi connectivity index (χ1n) is 6.18. The van der Waals surface area contributed by atoms with E-state index in [9.17, 15) is 4.79 Å². The molecule has 6 heteroatoms. The molecule has 5 nitrogen and oxygen atoms in total. The van der Waals surface area contributed by atoms with Gasteiger partial charge in [0.05, 0.1) is 12.2 Å². The molecule has 0 aliphatic carbocycles. The summed E-state index contributed by atoms with van der Waals surface area (Å²) in [4.78, 5) is 14.1. The Balaban J connectivity index is 1.80. The van der Waals surface area contributed by atoms with Crippen molar-refractivity contribution in [1.82, 2.24) is 0 Å². The van der Waals surface area contributed by atoms with E-state index in [0.29, 0.717) is 17.0 Å². The molecule has 1 aliphatic rings. The Kier molecular flexibility index (Phi) is 3.40. The van der Waals surface area contributed by atoms with Gasteiger partial charge in [0.15, 0.2) is 10.4 Å². The van der Waals surface area contributed by atoms with Crippen LogP contribution in [0, 0.1) is 0 Å². The maximum Gasteiger partial charge on any atom is 0.291 e. The highest BCUT2D eigenvalue weighted by molar-refractivity contribution is 9.10. The van der Waals surface area contributed by atoms with E-state index in [0.717, 1.165) is 18.0 Å². The summed E-state index contributed by atoms with van der Waals surface area (Å²) in [6, 6.07) is 8.89. The minimum absolute atomic E-state index is 0.257. The Morgan fingerprint density at radius 3 is 2.95 bits per heavy atom. The normalized spacial score (nSPS) is 13.6. The molecule has 1 N–H and O–H groups in total. The van der Waals surface area contributed by atoms with Crippen LogP contribution in [0.2, 0.25) is 0 Å². The van der Waals surface area contributed by atoms with Crippen molar-refractivity contribution in [1.29, 1.82) is 0 Å². The van der Waals surface area contributed by atoms with E-state index in [4.69, 9.17) is 9.15 Å². The molecule has 20 heavy (non-hydrogen) atoms. The number of rotatable bonds is 2. The second-order valence-electron chi connectivity index (χ2n) is 4.51. The molecule has 1 amide bonds. The largest absolute Gasteiger partial charge is 0.489 e. The lowest BCUT2D eigenvalue weighted by Crippen LogP contribution is -2.28. The zero-order chi connectivity index (χ0) is 14.1. The molecule has 0 saturated carbocycles. The highest BCUT2D eigenvalue weighted by Gasteiger charge is 2.16. The molecule has 0 radical (unpaired) electrons. The number of nitrogens with zero attached hydrogens (tertiary/aromatic N) is 1. The Morgan fingerprint density at radius 1 is 1.35 bits per heavy atom. The van der Waals surface area contributed by atoms with E-state index in [1.54, 1.807) is 12.1 Å². The summed E-state index contributed by atoms with van der Waals surface area (Å²) in [6.07, 6.45) is 0. The lowest BCUT2D eigenvalue weighted by Gasteiger charge is -2.27. The van der Waals surface area contributed by atoms with Gasteiger partial charge in [-0.2, -0.15) is 0 Å². The number of ether oxygens (including phenoxy) is 1. The summed E-state index contributed by atoms with van der Waals surface area (Å²) in [5.74, 6) is 0.740. The number of carbonyl (C=O) groups excluding carboxylic acids is 1. The van der Waals surface area contributed by atoms with Crippen LogP contribution in [-0.2, 0) is 0 Å². The van der Waals surface area contributed by atoms with Gasteiger partial charge < -0.3 is 19.4 Å². The van der Waals surface area contributed by atoms with Crippen molar-refractivity contribution in [3.8, 4) is 5.75 Å². The summed E-state index contributed by atoms with van der Waals surface area (Å²) >= 11 is 3.17. The average Bonchev–Trinajstić information content (AvgIpc) is 2.86. The van der Waals surface area contributed by atoms with Gasteiger partial charge in [-0.05, 0) is 40.2 Å². The van der Waals surface area contributed by atoms with Crippen molar-refractivity contribution < 1.29 is 13.9 Å². The molecule has 104 valence electrons. The van der Waals surface area contributed by atoms with Crippen molar-refractivity contribution in [2.24, 2.45) is 0 Å². The molecule has 0 spiro atoms. The molecule has 2 aromatic rings.